The van der Waals surface area contributed by atoms with Crippen LogP contribution in [-0.4, -0.2) is 24.2 Å². The van der Waals surface area contributed by atoms with Gasteiger partial charge in [0.2, 0.25) is 0 Å². The van der Waals surface area contributed by atoms with E-state index < -0.39 is 0 Å². The van der Waals surface area contributed by atoms with E-state index in [4.69, 9.17) is 9.47 Å². The maximum Gasteiger partial charge on any atom is 0.338 e. The van der Waals surface area contributed by atoms with Crippen LogP contribution in [0.4, 0.5) is 11.4 Å². The van der Waals surface area contributed by atoms with Gasteiger partial charge in [-0.25, -0.2) is 4.79 Å². The Hall–Kier alpha value is -2.79. The molecule has 3 aromatic rings. The summed E-state index contributed by atoms with van der Waals surface area (Å²) in [6.45, 7) is 7.07. The van der Waals surface area contributed by atoms with Crippen molar-refractivity contribution in [1.29, 1.82) is 0 Å². The molecule has 2 aromatic carbocycles. The second-order valence-electron chi connectivity index (χ2n) is 6.61. The van der Waals surface area contributed by atoms with Crippen LogP contribution in [0.5, 0.6) is 5.75 Å². The van der Waals surface area contributed by atoms with Crippen LogP contribution in [0.15, 0.2) is 48.5 Å². The van der Waals surface area contributed by atoms with Crippen LogP contribution in [0.3, 0.4) is 0 Å². The van der Waals surface area contributed by atoms with Crippen LogP contribution < -0.4 is 10.1 Å². The van der Waals surface area contributed by atoms with Gasteiger partial charge in [0.25, 0.3) is 0 Å². The summed E-state index contributed by atoms with van der Waals surface area (Å²) in [5, 5.41) is 4.41. The molecule has 1 N–H and O–H groups in total. The summed E-state index contributed by atoms with van der Waals surface area (Å²) in [5.41, 5.74) is 4.22. The molecular weight excluding hydrogens is 388 g/mol. The summed E-state index contributed by atoms with van der Waals surface area (Å²) >= 11 is 0. The van der Waals surface area contributed by atoms with E-state index >= 15 is 0 Å². The second-order valence-corrected chi connectivity index (χ2v) is 6.61. The van der Waals surface area contributed by atoms with Gasteiger partial charge in [0.1, 0.15) is 5.75 Å². The number of aryl methyl sites for hydroxylation is 1. The van der Waals surface area contributed by atoms with Gasteiger partial charge in [-0.05, 0) is 68.8 Å². The molecule has 1 heterocycles. The summed E-state index contributed by atoms with van der Waals surface area (Å²) < 4.78 is 10.9. The van der Waals surface area contributed by atoms with E-state index in [1.807, 2.05) is 50.2 Å². The first-order chi connectivity index (χ1) is 13.6. The molecular formula is C23H27ClN2O3. The minimum atomic E-state index is -0.286. The quantitative estimate of drug-likeness (QED) is 0.358. The Labute approximate surface area is 177 Å². The summed E-state index contributed by atoms with van der Waals surface area (Å²) in [4.78, 5) is 16.6. The van der Waals surface area contributed by atoms with Gasteiger partial charge < -0.3 is 14.8 Å². The molecule has 5 nitrogen and oxygen atoms in total. The Morgan fingerprint density at radius 2 is 1.83 bits per heavy atom. The number of nitrogens with zero attached hydrogens (tertiary/aromatic N) is 1. The first-order valence-corrected chi connectivity index (χ1v) is 9.69. The lowest BCUT2D eigenvalue weighted by molar-refractivity contribution is 0.0500. The average Bonchev–Trinajstić information content (AvgIpc) is 2.69. The van der Waals surface area contributed by atoms with Crippen LogP contribution >= 0.6 is 12.4 Å². The van der Waals surface area contributed by atoms with E-state index in [9.17, 15) is 4.79 Å². The average molecular weight is 415 g/mol. The lowest BCUT2D eigenvalue weighted by Gasteiger charge is -2.13. The molecule has 3 rings (SSSR count). The van der Waals surface area contributed by atoms with Crippen molar-refractivity contribution in [2.75, 3.05) is 18.5 Å². The molecule has 0 aliphatic heterocycles. The van der Waals surface area contributed by atoms with E-state index in [0.717, 1.165) is 46.6 Å². The van der Waals surface area contributed by atoms with E-state index in [1.165, 1.54) is 0 Å². The third kappa shape index (κ3) is 5.84. The van der Waals surface area contributed by atoms with Crippen LogP contribution in [0.1, 0.15) is 42.7 Å². The zero-order valence-electron chi connectivity index (χ0n) is 17.0. The molecule has 0 fully saturated rings. The molecule has 0 spiro atoms. The number of carbonyl (C=O) groups is 1. The number of rotatable bonds is 8. The number of unbranched alkanes of at least 4 members (excludes halogenated alkanes) is 1. The smallest absolute Gasteiger partial charge is 0.338 e. The lowest BCUT2D eigenvalue weighted by atomic mass is 10.1. The number of fused-ring (bicyclic) bond motifs is 1. The van der Waals surface area contributed by atoms with Crippen LogP contribution in [0.25, 0.3) is 10.9 Å². The summed E-state index contributed by atoms with van der Waals surface area (Å²) in [7, 11) is 0. The second kappa shape index (κ2) is 10.7. The van der Waals surface area contributed by atoms with Crippen molar-refractivity contribution in [3.05, 3.63) is 59.8 Å². The molecule has 0 atom stereocenters. The van der Waals surface area contributed by atoms with Gasteiger partial charge >= 0.3 is 5.97 Å². The highest BCUT2D eigenvalue weighted by molar-refractivity contribution is 5.94. The number of hydrogen-bond donors (Lipinski definition) is 1. The maximum atomic E-state index is 12.0. The highest BCUT2D eigenvalue weighted by Crippen LogP contribution is 2.29. The van der Waals surface area contributed by atoms with Gasteiger partial charge in [-0.3, -0.25) is 4.98 Å². The third-order valence-electron chi connectivity index (χ3n) is 4.35. The van der Waals surface area contributed by atoms with Crippen LogP contribution in [0.2, 0.25) is 0 Å². The topological polar surface area (TPSA) is 60.5 Å². The van der Waals surface area contributed by atoms with Gasteiger partial charge in [0.15, 0.2) is 0 Å². The van der Waals surface area contributed by atoms with Crippen LogP contribution in [0, 0.1) is 6.92 Å². The molecule has 0 saturated heterocycles. The Kier molecular flexibility index (Phi) is 8.28. The van der Waals surface area contributed by atoms with Gasteiger partial charge in [0.05, 0.1) is 24.3 Å². The fourth-order valence-electron chi connectivity index (χ4n) is 2.93. The summed E-state index contributed by atoms with van der Waals surface area (Å²) in [5.74, 6) is 0.528. The number of esters is 1. The largest absolute Gasteiger partial charge is 0.494 e. The van der Waals surface area contributed by atoms with Crippen molar-refractivity contribution in [2.24, 2.45) is 0 Å². The van der Waals surface area contributed by atoms with E-state index in [-0.39, 0.29) is 18.4 Å². The standard InChI is InChI=1S/C23H26N2O3.ClH/c1-4-6-13-28-23(26)17-7-9-18(10-8-17)25-22-14-16(3)24-21-12-11-19(27-5-2)15-20(21)22;/h7-12,14-15H,4-6,13H2,1-3H3,(H,24,25);1H. The number of aromatic nitrogens is 1. The fraction of sp³-hybridized carbons (Fsp3) is 0.304. The molecule has 0 amide bonds. The Morgan fingerprint density at radius 3 is 2.52 bits per heavy atom. The molecule has 0 aliphatic carbocycles. The van der Waals surface area contributed by atoms with Crippen molar-refractivity contribution in [3.8, 4) is 5.75 Å². The molecule has 0 radical (unpaired) electrons. The molecule has 0 bridgehead atoms. The number of pyridine rings is 1. The number of ether oxygens (including phenoxy) is 2. The number of halogens is 1. The Bertz CT molecular complexity index is 958. The molecule has 0 unspecified atom stereocenters. The number of anilines is 2. The number of hydrogen-bond acceptors (Lipinski definition) is 5. The maximum absolute atomic E-state index is 12.0. The third-order valence-corrected chi connectivity index (χ3v) is 4.35. The zero-order valence-corrected chi connectivity index (χ0v) is 17.8. The van der Waals surface area contributed by atoms with Crippen molar-refractivity contribution in [2.45, 2.75) is 33.6 Å². The molecule has 1 aromatic heterocycles. The Morgan fingerprint density at radius 1 is 1.07 bits per heavy atom. The minimum absolute atomic E-state index is 0. The first-order valence-electron chi connectivity index (χ1n) is 9.69. The van der Waals surface area contributed by atoms with E-state index in [0.29, 0.717) is 18.8 Å². The van der Waals surface area contributed by atoms with Gasteiger partial charge in [-0.15, -0.1) is 12.4 Å². The summed E-state index contributed by atoms with van der Waals surface area (Å²) in [6.07, 6.45) is 1.88. The monoisotopic (exact) mass is 414 g/mol. The van der Waals surface area contributed by atoms with E-state index in [1.54, 1.807) is 12.1 Å². The molecule has 29 heavy (non-hydrogen) atoms. The number of carbonyl (C=O) groups excluding carboxylic acids is 1. The summed E-state index contributed by atoms with van der Waals surface area (Å²) in [6, 6.07) is 15.2. The van der Waals surface area contributed by atoms with Crippen molar-refractivity contribution in [1.82, 2.24) is 4.98 Å². The van der Waals surface area contributed by atoms with Crippen molar-refractivity contribution >= 4 is 40.7 Å². The highest BCUT2D eigenvalue weighted by atomic mass is 35.5. The lowest BCUT2D eigenvalue weighted by Crippen LogP contribution is -2.06. The van der Waals surface area contributed by atoms with E-state index in [2.05, 4.69) is 17.2 Å². The molecule has 0 aliphatic rings. The van der Waals surface area contributed by atoms with Crippen LogP contribution in [-0.2, 0) is 4.74 Å². The Balaban J connectivity index is 0.00000300. The van der Waals surface area contributed by atoms with Crippen molar-refractivity contribution in [3.63, 3.8) is 0 Å². The zero-order chi connectivity index (χ0) is 19.9. The molecule has 6 heteroatoms. The first kappa shape index (κ1) is 22.5. The normalized spacial score (nSPS) is 10.3. The number of benzene rings is 2. The number of nitrogens with one attached hydrogen (secondary N) is 1. The van der Waals surface area contributed by atoms with Crippen molar-refractivity contribution < 1.29 is 14.3 Å². The fourth-order valence-corrected chi connectivity index (χ4v) is 2.93. The highest BCUT2D eigenvalue weighted by Gasteiger charge is 2.09. The molecule has 154 valence electrons. The van der Waals surface area contributed by atoms with Gasteiger partial charge in [0, 0.05) is 22.5 Å². The predicted molar refractivity (Wildman–Crippen MR) is 120 cm³/mol. The minimum Gasteiger partial charge on any atom is -0.494 e. The van der Waals surface area contributed by atoms with Gasteiger partial charge in [-0.2, -0.15) is 0 Å². The molecule has 0 saturated carbocycles. The predicted octanol–water partition coefficient (Wildman–Crippen LogP) is 6.06. The SMILES string of the molecule is CCCCOC(=O)c1ccc(Nc2cc(C)nc3ccc(OCC)cc23)cc1.Cl. The van der Waals surface area contributed by atoms with Gasteiger partial charge in [-0.1, -0.05) is 13.3 Å².